The Morgan fingerprint density at radius 1 is 1.26 bits per heavy atom. The topological polar surface area (TPSA) is 58.9 Å². The van der Waals surface area contributed by atoms with Crippen molar-refractivity contribution in [2.75, 3.05) is 25.5 Å². The molecule has 1 saturated heterocycles. The third kappa shape index (κ3) is 2.90. The van der Waals surface area contributed by atoms with Gasteiger partial charge in [-0.05, 0) is 61.1 Å². The van der Waals surface area contributed by atoms with E-state index in [1.54, 1.807) is 11.0 Å². The average Bonchev–Trinajstić information content (AvgIpc) is 2.94. The Bertz CT molecular complexity index is 506. The van der Waals surface area contributed by atoms with Crippen molar-refractivity contribution in [1.82, 2.24) is 25.1 Å². The number of tetrazole rings is 1. The lowest BCUT2D eigenvalue weighted by molar-refractivity contribution is 0.261. The largest absolute Gasteiger partial charge is 0.381 e. The van der Waals surface area contributed by atoms with E-state index in [-0.39, 0.29) is 0 Å². The molecule has 1 aliphatic rings. The van der Waals surface area contributed by atoms with E-state index in [1.165, 1.54) is 19.4 Å². The maximum Gasteiger partial charge on any atom is 0.143 e. The first-order valence-corrected chi connectivity index (χ1v) is 6.60. The van der Waals surface area contributed by atoms with E-state index in [4.69, 9.17) is 0 Å². The van der Waals surface area contributed by atoms with Crippen molar-refractivity contribution in [3.63, 3.8) is 0 Å². The number of benzene rings is 1. The highest BCUT2D eigenvalue weighted by Gasteiger charge is 2.16. The fourth-order valence-electron chi connectivity index (χ4n) is 2.51. The zero-order valence-corrected chi connectivity index (χ0v) is 11.0. The molecular formula is C13H18N6. The second-order valence-corrected chi connectivity index (χ2v) is 5.05. The van der Waals surface area contributed by atoms with Crippen molar-refractivity contribution in [2.45, 2.75) is 18.9 Å². The molecule has 0 amide bonds. The Kier molecular flexibility index (Phi) is 3.41. The molecule has 0 spiro atoms. The highest BCUT2D eigenvalue weighted by molar-refractivity contribution is 5.49. The number of hydrogen-bond donors (Lipinski definition) is 1. The number of aromatic nitrogens is 4. The zero-order valence-electron chi connectivity index (χ0n) is 11.0. The lowest BCUT2D eigenvalue weighted by Crippen LogP contribution is -2.39. The maximum atomic E-state index is 3.87. The number of nitrogens with one attached hydrogen (secondary N) is 1. The summed E-state index contributed by atoms with van der Waals surface area (Å²) in [4.78, 5) is 2.37. The molecule has 6 nitrogen and oxygen atoms in total. The summed E-state index contributed by atoms with van der Waals surface area (Å²) < 4.78 is 1.65. The molecule has 1 aromatic heterocycles. The molecule has 6 heteroatoms. The Hall–Kier alpha value is -1.95. The molecule has 0 radical (unpaired) electrons. The van der Waals surface area contributed by atoms with E-state index in [1.807, 2.05) is 12.1 Å². The Balaban J connectivity index is 1.66. The second-order valence-electron chi connectivity index (χ2n) is 5.05. The number of hydrogen-bond acceptors (Lipinski definition) is 5. The van der Waals surface area contributed by atoms with Crippen LogP contribution in [0.4, 0.5) is 5.69 Å². The van der Waals surface area contributed by atoms with Gasteiger partial charge >= 0.3 is 0 Å². The van der Waals surface area contributed by atoms with Crippen molar-refractivity contribution in [2.24, 2.45) is 0 Å². The van der Waals surface area contributed by atoms with Crippen LogP contribution in [-0.4, -0.2) is 51.3 Å². The number of nitrogens with zero attached hydrogens (tertiary/aromatic N) is 5. The predicted molar refractivity (Wildman–Crippen MR) is 73.3 cm³/mol. The zero-order chi connectivity index (χ0) is 13.1. The molecule has 1 aromatic carbocycles. The number of anilines is 1. The van der Waals surface area contributed by atoms with Crippen molar-refractivity contribution >= 4 is 5.69 Å². The average molecular weight is 258 g/mol. The van der Waals surface area contributed by atoms with Crippen molar-refractivity contribution < 1.29 is 0 Å². The first-order chi connectivity index (χ1) is 9.31. The highest BCUT2D eigenvalue weighted by atomic mass is 15.5. The first kappa shape index (κ1) is 12.1. The number of piperidine rings is 1. The Morgan fingerprint density at radius 2 is 2.11 bits per heavy atom. The molecule has 1 fully saturated rings. The highest BCUT2D eigenvalue weighted by Crippen LogP contribution is 2.17. The van der Waals surface area contributed by atoms with Gasteiger partial charge in [0, 0.05) is 18.3 Å². The van der Waals surface area contributed by atoms with Crippen LogP contribution in [0.1, 0.15) is 12.8 Å². The standard InChI is InChI=1S/C13H18N6/c1-18-8-2-3-12(9-18)15-11-4-6-13(7-5-11)19-10-14-16-17-19/h4-7,10,12,15H,2-3,8-9H2,1H3. The second kappa shape index (κ2) is 5.36. The molecular weight excluding hydrogens is 240 g/mol. The van der Waals surface area contributed by atoms with Crippen LogP contribution in [0.2, 0.25) is 0 Å². The summed E-state index contributed by atoms with van der Waals surface area (Å²) in [6.07, 6.45) is 4.09. The molecule has 19 heavy (non-hydrogen) atoms. The van der Waals surface area contributed by atoms with Crippen LogP contribution in [0.25, 0.3) is 5.69 Å². The molecule has 3 rings (SSSR count). The van der Waals surface area contributed by atoms with E-state index < -0.39 is 0 Å². The fourth-order valence-corrected chi connectivity index (χ4v) is 2.51. The van der Waals surface area contributed by atoms with Gasteiger partial charge in [-0.2, -0.15) is 0 Å². The molecule has 2 aromatic rings. The van der Waals surface area contributed by atoms with Crippen molar-refractivity contribution in [1.29, 1.82) is 0 Å². The number of rotatable bonds is 3. The van der Waals surface area contributed by atoms with E-state index >= 15 is 0 Å². The van der Waals surface area contributed by atoms with Crippen molar-refractivity contribution in [3.05, 3.63) is 30.6 Å². The van der Waals surface area contributed by atoms with Crippen LogP contribution in [0.15, 0.2) is 30.6 Å². The molecule has 1 unspecified atom stereocenters. The summed E-state index contributed by atoms with van der Waals surface area (Å²) >= 11 is 0. The van der Waals surface area contributed by atoms with Gasteiger partial charge in [-0.25, -0.2) is 4.68 Å². The van der Waals surface area contributed by atoms with Gasteiger partial charge in [0.15, 0.2) is 0 Å². The third-order valence-electron chi connectivity index (χ3n) is 3.48. The SMILES string of the molecule is CN1CCCC(Nc2ccc(-n3cnnn3)cc2)C1. The van der Waals surface area contributed by atoms with E-state index in [0.29, 0.717) is 6.04 Å². The summed E-state index contributed by atoms with van der Waals surface area (Å²) in [7, 11) is 2.18. The Morgan fingerprint density at radius 3 is 2.79 bits per heavy atom. The minimum absolute atomic E-state index is 0.539. The molecule has 0 bridgehead atoms. The van der Waals surface area contributed by atoms with Crippen LogP contribution in [0.3, 0.4) is 0 Å². The van der Waals surface area contributed by atoms with Gasteiger partial charge in [-0.1, -0.05) is 0 Å². The smallest absolute Gasteiger partial charge is 0.143 e. The summed E-state index contributed by atoms with van der Waals surface area (Å²) in [6, 6.07) is 8.73. The van der Waals surface area contributed by atoms with Gasteiger partial charge in [-0.15, -0.1) is 5.10 Å². The molecule has 0 aliphatic carbocycles. The lowest BCUT2D eigenvalue weighted by atomic mass is 10.1. The molecule has 1 N–H and O–H groups in total. The minimum Gasteiger partial charge on any atom is -0.381 e. The van der Waals surface area contributed by atoms with Gasteiger partial charge < -0.3 is 10.2 Å². The number of likely N-dealkylation sites (tertiary alicyclic amines) is 1. The summed E-state index contributed by atoms with van der Waals surface area (Å²) in [6.45, 7) is 2.31. The first-order valence-electron chi connectivity index (χ1n) is 6.60. The van der Waals surface area contributed by atoms with E-state index in [9.17, 15) is 0 Å². The molecule has 0 saturated carbocycles. The van der Waals surface area contributed by atoms with E-state index in [0.717, 1.165) is 17.9 Å². The fraction of sp³-hybridized carbons (Fsp3) is 0.462. The van der Waals surface area contributed by atoms with E-state index in [2.05, 4.69) is 44.9 Å². The predicted octanol–water partition coefficient (Wildman–Crippen LogP) is 1.17. The summed E-state index contributed by atoms with van der Waals surface area (Å²) in [5, 5.41) is 14.7. The van der Waals surface area contributed by atoms with Gasteiger partial charge in [0.25, 0.3) is 0 Å². The van der Waals surface area contributed by atoms with Crippen LogP contribution in [0.5, 0.6) is 0 Å². The Labute approximate surface area is 112 Å². The quantitative estimate of drug-likeness (QED) is 0.895. The van der Waals surface area contributed by atoms with Gasteiger partial charge in [0.1, 0.15) is 6.33 Å². The third-order valence-corrected chi connectivity index (χ3v) is 3.48. The summed E-state index contributed by atoms with van der Waals surface area (Å²) in [5.41, 5.74) is 2.12. The molecule has 1 atom stereocenters. The van der Waals surface area contributed by atoms with Crippen LogP contribution < -0.4 is 5.32 Å². The van der Waals surface area contributed by atoms with Crippen LogP contribution >= 0.6 is 0 Å². The van der Waals surface area contributed by atoms with Gasteiger partial charge in [0.05, 0.1) is 5.69 Å². The van der Waals surface area contributed by atoms with Crippen LogP contribution in [-0.2, 0) is 0 Å². The maximum absolute atomic E-state index is 3.87. The van der Waals surface area contributed by atoms with Gasteiger partial charge in [-0.3, -0.25) is 0 Å². The van der Waals surface area contributed by atoms with Crippen LogP contribution in [0, 0.1) is 0 Å². The molecule has 1 aliphatic heterocycles. The van der Waals surface area contributed by atoms with Gasteiger partial charge in [0.2, 0.25) is 0 Å². The molecule has 100 valence electrons. The normalized spacial score (nSPS) is 20.4. The molecule has 2 heterocycles. The minimum atomic E-state index is 0.539. The lowest BCUT2D eigenvalue weighted by Gasteiger charge is -2.30. The number of likely N-dealkylation sites (N-methyl/N-ethyl adjacent to an activating group) is 1. The van der Waals surface area contributed by atoms with Crippen molar-refractivity contribution in [3.8, 4) is 5.69 Å². The monoisotopic (exact) mass is 258 g/mol. The summed E-state index contributed by atoms with van der Waals surface area (Å²) in [5.74, 6) is 0.